The Bertz CT molecular complexity index is 351. The van der Waals surface area contributed by atoms with Crippen molar-refractivity contribution in [1.29, 1.82) is 0 Å². The van der Waals surface area contributed by atoms with Gasteiger partial charge in [-0.15, -0.1) is 0 Å². The van der Waals surface area contributed by atoms with E-state index < -0.39 is 0 Å². The predicted molar refractivity (Wildman–Crippen MR) is 66.7 cm³/mol. The van der Waals surface area contributed by atoms with E-state index in [1.165, 1.54) is 15.6 Å². The van der Waals surface area contributed by atoms with Gasteiger partial charge in [-0.1, -0.05) is 28.1 Å². The van der Waals surface area contributed by atoms with E-state index in [0.717, 1.165) is 26.1 Å². The minimum atomic E-state index is 0.376. The molecule has 1 aliphatic heterocycles. The molecule has 0 aliphatic carbocycles. The van der Waals surface area contributed by atoms with Gasteiger partial charge in [-0.25, -0.2) is 0 Å². The number of halogens is 1. The Morgan fingerprint density at radius 2 is 2.33 bits per heavy atom. The van der Waals surface area contributed by atoms with Crippen LogP contribution < -0.4 is 5.73 Å². The second kappa shape index (κ2) is 4.64. The van der Waals surface area contributed by atoms with Crippen molar-refractivity contribution in [3.8, 4) is 0 Å². The molecule has 0 saturated carbocycles. The van der Waals surface area contributed by atoms with Gasteiger partial charge in [0.25, 0.3) is 0 Å². The van der Waals surface area contributed by atoms with E-state index >= 15 is 0 Å². The molecule has 2 rings (SSSR count). The molecular weight excluding hydrogens is 252 g/mol. The van der Waals surface area contributed by atoms with Gasteiger partial charge in [-0.05, 0) is 30.5 Å². The number of hydrogen-bond acceptors (Lipinski definition) is 2. The Kier molecular flexibility index (Phi) is 3.44. The van der Waals surface area contributed by atoms with Crippen LogP contribution >= 0.6 is 15.9 Å². The lowest BCUT2D eigenvalue weighted by atomic mass is 10.1. The summed E-state index contributed by atoms with van der Waals surface area (Å²) in [7, 11) is 0. The normalized spacial score (nSPS) is 22.2. The maximum atomic E-state index is 5.88. The maximum Gasteiger partial charge on any atom is 0.0234 e. The smallest absolute Gasteiger partial charge is 0.0234 e. The zero-order valence-electron chi connectivity index (χ0n) is 9.04. The highest BCUT2D eigenvalue weighted by Crippen LogP contribution is 2.19. The molecule has 1 aromatic rings. The molecule has 0 spiro atoms. The molecular formula is C12H17BrN2. The number of rotatable bonds is 2. The lowest BCUT2D eigenvalue weighted by molar-refractivity contribution is 0.327. The van der Waals surface area contributed by atoms with E-state index in [1.54, 1.807) is 0 Å². The van der Waals surface area contributed by atoms with Crippen LogP contribution in [0.5, 0.6) is 0 Å². The van der Waals surface area contributed by atoms with Crippen LogP contribution in [0.15, 0.2) is 22.7 Å². The van der Waals surface area contributed by atoms with Crippen molar-refractivity contribution in [2.45, 2.75) is 25.9 Å². The van der Waals surface area contributed by atoms with E-state index in [-0.39, 0.29) is 0 Å². The maximum absolute atomic E-state index is 5.88. The van der Waals surface area contributed by atoms with E-state index in [4.69, 9.17) is 5.73 Å². The third-order valence-electron chi connectivity index (χ3n) is 2.94. The highest BCUT2D eigenvalue weighted by Gasteiger charge is 2.18. The quantitative estimate of drug-likeness (QED) is 0.892. The summed E-state index contributed by atoms with van der Waals surface area (Å²) < 4.78 is 1.18. The molecule has 1 aliphatic rings. The van der Waals surface area contributed by atoms with Gasteiger partial charge in [0.1, 0.15) is 0 Å². The van der Waals surface area contributed by atoms with Crippen LogP contribution in [-0.4, -0.2) is 24.0 Å². The monoisotopic (exact) mass is 268 g/mol. The molecule has 1 fully saturated rings. The topological polar surface area (TPSA) is 29.3 Å². The fourth-order valence-corrected chi connectivity index (χ4v) is 2.32. The van der Waals surface area contributed by atoms with Crippen molar-refractivity contribution < 1.29 is 0 Å². The SMILES string of the molecule is Cc1cc(CN2CCC(N)C2)ccc1Br. The summed E-state index contributed by atoms with van der Waals surface area (Å²) in [6.45, 7) is 5.33. The number of aryl methyl sites for hydroxylation is 1. The standard InChI is InChI=1S/C12H17BrN2/c1-9-6-10(2-3-12(9)13)7-15-5-4-11(14)8-15/h2-3,6,11H,4-5,7-8,14H2,1H3. The van der Waals surface area contributed by atoms with Crippen LogP contribution in [0.25, 0.3) is 0 Å². The molecule has 3 heteroatoms. The molecule has 2 N–H and O–H groups in total. The Labute approximate surface area is 99.6 Å². The molecule has 2 nitrogen and oxygen atoms in total. The Morgan fingerprint density at radius 3 is 2.93 bits per heavy atom. The summed E-state index contributed by atoms with van der Waals surface area (Å²) in [6, 6.07) is 6.93. The molecule has 1 heterocycles. The van der Waals surface area contributed by atoms with Gasteiger partial charge in [-0.3, -0.25) is 4.90 Å². The number of likely N-dealkylation sites (tertiary alicyclic amines) is 1. The minimum Gasteiger partial charge on any atom is -0.326 e. The van der Waals surface area contributed by atoms with E-state index in [9.17, 15) is 0 Å². The third-order valence-corrected chi connectivity index (χ3v) is 3.83. The van der Waals surface area contributed by atoms with Gasteiger partial charge in [0.15, 0.2) is 0 Å². The number of nitrogens with two attached hydrogens (primary N) is 1. The second-order valence-electron chi connectivity index (χ2n) is 4.37. The van der Waals surface area contributed by atoms with Crippen LogP contribution in [-0.2, 0) is 6.54 Å². The molecule has 82 valence electrons. The van der Waals surface area contributed by atoms with Gasteiger partial charge < -0.3 is 5.73 Å². The van der Waals surface area contributed by atoms with Crippen LogP contribution in [0.2, 0.25) is 0 Å². The van der Waals surface area contributed by atoms with Crippen LogP contribution in [0.1, 0.15) is 17.5 Å². The van der Waals surface area contributed by atoms with Crippen LogP contribution in [0.3, 0.4) is 0 Å². The highest BCUT2D eigenvalue weighted by molar-refractivity contribution is 9.10. The molecule has 1 atom stereocenters. The van der Waals surface area contributed by atoms with Gasteiger partial charge in [0, 0.05) is 30.1 Å². The minimum absolute atomic E-state index is 0.376. The number of hydrogen-bond donors (Lipinski definition) is 1. The van der Waals surface area contributed by atoms with Gasteiger partial charge in [0.2, 0.25) is 0 Å². The Balaban J connectivity index is 2.02. The predicted octanol–water partition coefficient (Wildman–Crippen LogP) is 2.29. The first kappa shape index (κ1) is 11.1. The summed E-state index contributed by atoms with van der Waals surface area (Å²) in [4.78, 5) is 2.42. The largest absolute Gasteiger partial charge is 0.326 e. The molecule has 1 saturated heterocycles. The fourth-order valence-electron chi connectivity index (χ4n) is 2.07. The number of benzene rings is 1. The Hall–Kier alpha value is -0.380. The zero-order chi connectivity index (χ0) is 10.8. The first-order valence-corrected chi connectivity index (χ1v) is 6.17. The van der Waals surface area contributed by atoms with Crippen LogP contribution in [0, 0.1) is 6.92 Å². The van der Waals surface area contributed by atoms with Crippen molar-refractivity contribution in [1.82, 2.24) is 4.90 Å². The first-order chi connectivity index (χ1) is 7.15. The van der Waals surface area contributed by atoms with E-state index in [1.807, 2.05) is 0 Å². The van der Waals surface area contributed by atoms with Crippen LogP contribution in [0.4, 0.5) is 0 Å². The van der Waals surface area contributed by atoms with Crippen molar-refractivity contribution >= 4 is 15.9 Å². The lowest BCUT2D eigenvalue weighted by Gasteiger charge is -2.15. The molecule has 1 unspecified atom stereocenters. The first-order valence-electron chi connectivity index (χ1n) is 5.38. The van der Waals surface area contributed by atoms with Crippen molar-refractivity contribution in [2.24, 2.45) is 5.73 Å². The average molecular weight is 269 g/mol. The summed E-state index contributed by atoms with van der Waals surface area (Å²) in [5, 5.41) is 0. The zero-order valence-corrected chi connectivity index (χ0v) is 10.6. The van der Waals surface area contributed by atoms with E-state index in [2.05, 4.69) is 46.0 Å². The summed E-state index contributed by atoms with van der Waals surface area (Å²) in [5.74, 6) is 0. The third kappa shape index (κ3) is 2.80. The van der Waals surface area contributed by atoms with E-state index in [0.29, 0.717) is 6.04 Å². The lowest BCUT2D eigenvalue weighted by Crippen LogP contribution is -2.26. The molecule has 1 aromatic carbocycles. The molecule has 0 aromatic heterocycles. The van der Waals surface area contributed by atoms with Crippen molar-refractivity contribution in [3.63, 3.8) is 0 Å². The van der Waals surface area contributed by atoms with Gasteiger partial charge in [-0.2, -0.15) is 0 Å². The van der Waals surface area contributed by atoms with Gasteiger partial charge in [0.05, 0.1) is 0 Å². The highest BCUT2D eigenvalue weighted by atomic mass is 79.9. The average Bonchev–Trinajstić information content (AvgIpc) is 2.58. The Morgan fingerprint density at radius 1 is 1.53 bits per heavy atom. The second-order valence-corrected chi connectivity index (χ2v) is 5.22. The molecule has 0 radical (unpaired) electrons. The summed E-state index contributed by atoms with van der Waals surface area (Å²) in [6.07, 6.45) is 1.13. The molecule has 0 bridgehead atoms. The fraction of sp³-hybridized carbons (Fsp3) is 0.500. The summed E-state index contributed by atoms with van der Waals surface area (Å²) in [5.41, 5.74) is 8.56. The molecule has 15 heavy (non-hydrogen) atoms. The van der Waals surface area contributed by atoms with Crippen molar-refractivity contribution in [2.75, 3.05) is 13.1 Å². The number of nitrogens with zero attached hydrogens (tertiary/aromatic N) is 1. The summed E-state index contributed by atoms with van der Waals surface area (Å²) >= 11 is 3.52. The van der Waals surface area contributed by atoms with Crippen molar-refractivity contribution in [3.05, 3.63) is 33.8 Å². The molecule has 0 amide bonds. The van der Waals surface area contributed by atoms with Gasteiger partial charge >= 0.3 is 0 Å².